The molecule has 42 heavy (non-hydrogen) atoms. The van der Waals surface area contributed by atoms with Gasteiger partial charge in [0.05, 0.1) is 5.52 Å². The number of nitrogens with one attached hydrogen (secondary N) is 2. The van der Waals surface area contributed by atoms with Gasteiger partial charge < -0.3 is 24.6 Å². The summed E-state index contributed by atoms with van der Waals surface area (Å²) in [4.78, 5) is 18.5. The molecule has 9 heteroatoms. The highest BCUT2D eigenvalue weighted by molar-refractivity contribution is 6.09. The minimum atomic E-state index is -0.281. The van der Waals surface area contributed by atoms with Crippen molar-refractivity contribution >= 4 is 28.3 Å². The highest BCUT2D eigenvalue weighted by atomic mass is 19.1. The van der Waals surface area contributed by atoms with E-state index in [0.717, 1.165) is 86.2 Å². The van der Waals surface area contributed by atoms with Crippen molar-refractivity contribution in [3.63, 3.8) is 0 Å². The van der Waals surface area contributed by atoms with Gasteiger partial charge in [0.25, 0.3) is 5.91 Å². The maximum atomic E-state index is 13.8. The molecule has 2 saturated heterocycles. The van der Waals surface area contributed by atoms with Crippen molar-refractivity contribution in [2.24, 2.45) is 5.92 Å². The van der Waals surface area contributed by atoms with Gasteiger partial charge >= 0.3 is 0 Å². The summed E-state index contributed by atoms with van der Waals surface area (Å²) in [6.07, 6.45) is 2.84. The van der Waals surface area contributed by atoms with Crippen LogP contribution in [0.4, 0.5) is 15.9 Å². The topological polar surface area (TPSA) is 82.7 Å². The van der Waals surface area contributed by atoms with Crippen LogP contribution in [0.3, 0.4) is 0 Å². The van der Waals surface area contributed by atoms with Gasteiger partial charge in [-0.3, -0.25) is 9.89 Å². The lowest BCUT2D eigenvalue weighted by atomic mass is 9.89. The molecule has 0 saturated carbocycles. The Hall–Kier alpha value is -3.95. The van der Waals surface area contributed by atoms with Gasteiger partial charge in [-0.25, -0.2) is 4.39 Å². The van der Waals surface area contributed by atoms with Crippen LogP contribution in [0.5, 0.6) is 5.75 Å². The maximum absolute atomic E-state index is 13.8. The highest BCUT2D eigenvalue weighted by Crippen LogP contribution is 2.30. The molecule has 0 spiro atoms. The number of anilines is 2. The fraction of sp³-hybridized carbons (Fsp3) is 0.394. The third-order valence-corrected chi connectivity index (χ3v) is 8.32. The molecule has 0 unspecified atom stereocenters. The lowest BCUT2D eigenvalue weighted by Crippen LogP contribution is -2.44. The second kappa shape index (κ2) is 12.5. The van der Waals surface area contributed by atoms with E-state index in [9.17, 15) is 9.18 Å². The molecule has 0 atom stereocenters. The third kappa shape index (κ3) is 6.58. The molecule has 6 rings (SSSR count). The number of amides is 1. The number of fused-ring (bicyclic) bond motifs is 1. The molecule has 3 heterocycles. The molecular formula is C33H38FN5O3. The first-order chi connectivity index (χ1) is 20.4. The summed E-state index contributed by atoms with van der Waals surface area (Å²) in [7, 11) is 2.15. The Bertz CT molecular complexity index is 1540. The molecule has 2 aliphatic heterocycles. The summed E-state index contributed by atoms with van der Waals surface area (Å²) in [6.45, 7) is 7.63. The van der Waals surface area contributed by atoms with Crippen molar-refractivity contribution in [3.8, 4) is 5.75 Å². The Balaban J connectivity index is 1.22. The van der Waals surface area contributed by atoms with E-state index in [1.165, 1.54) is 17.8 Å². The molecule has 0 bridgehead atoms. The minimum absolute atomic E-state index is 0.183. The van der Waals surface area contributed by atoms with Crippen molar-refractivity contribution in [3.05, 3.63) is 82.7 Å². The lowest BCUT2D eigenvalue weighted by Gasteiger charge is -2.34. The molecule has 2 fully saturated rings. The Morgan fingerprint density at radius 1 is 1.07 bits per heavy atom. The monoisotopic (exact) mass is 571 g/mol. The number of ether oxygens (including phenoxy) is 2. The molecule has 1 aromatic heterocycles. The standard InChI is InChI=1S/C33H38FN5O3/c1-22-15-24(18-26(34)16-22)21-42-28-4-6-31-30(20-28)32(37-36-31)35-33(40)29-5-3-27(39-11-9-38(2)10-12-39)19-25(29)17-23-7-13-41-14-8-23/h3-6,15-16,18-20,23H,7-14,17,21H2,1-2H3,(H2,35,36,37,40). The van der Waals surface area contributed by atoms with Gasteiger partial charge in [-0.15, -0.1) is 0 Å². The first kappa shape index (κ1) is 28.2. The normalized spacial score (nSPS) is 16.6. The van der Waals surface area contributed by atoms with E-state index in [1.54, 1.807) is 0 Å². The number of aromatic amines is 1. The fourth-order valence-corrected chi connectivity index (χ4v) is 5.91. The first-order valence-corrected chi connectivity index (χ1v) is 14.7. The van der Waals surface area contributed by atoms with E-state index in [2.05, 4.69) is 44.5 Å². The summed E-state index contributed by atoms with van der Waals surface area (Å²) < 4.78 is 25.4. The third-order valence-electron chi connectivity index (χ3n) is 8.32. The summed E-state index contributed by atoms with van der Waals surface area (Å²) >= 11 is 0. The van der Waals surface area contributed by atoms with Crippen LogP contribution in [0, 0.1) is 18.7 Å². The lowest BCUT2D eigenvalue weighted by molar-refractivity contribution is 0.0664. The molecule has 0 aliphatic carbocycles. The van der Waals surface area contributed by atoms with Crippen molar-refractivity contribution in [2.75, 3.05) is 56.7 Å². The zero-order valence-corrected chi connectivity index (χ0v) is 24.3. The SMILES string of the molecule is Cc1cc(F)cc(COc2ccc3[nH]nc(NC(=O)c4ccc(N5CCN(C)CC5)cc4CC4CCOCC4)c3c2)c1. The Morgan fingerprint density at radius 3 is 2.67 bits per heavy atom. The Labute approximate surface area is 245 Å². The number of H-pyrrole nitrogens is 1. The number of carbonyl (C=O) groups excluding carboxylic acids is 1. The number of piperazine rings is 1. The molecule has 8 nitrogen and oxygen atoms in total. The summed E-state index contributed by atoms with van der Waals surface area (Å²) in [6, 6.07) is 16.6. The average Bonchev–Trinajstić information content (AvgIpc) is 3.38. The highest BCUT2D eigenvalue weighted by Gasteiger charge is 2.22. The van der Waals surface area contributed by atoms with Gasteiger partial charge in [-0.05, 0) is 104 Å². The number of carbonyl (C=O) groups is 1. The van der Waals surface area contributed by atoms with Gasteiger partial charge in [-0.2, -0.15) is 5.10 Å². The molecule has 2 N–H and O–H groups in total. The van der Waals surface area contributed by atoms with Crippen LogP contribution < -0.4 is 15.0 Å². The van der Waals surface area contributed by atoms with Crippen molar-refractivity contribution in [1.29, 1.82) is 0 Å². The van der Waals surface area contributed by atoms with E-state index >= 15 is 0 Å². The Morgan fingerprint density at radius 2 is 1.88 bits per heavy atom. The van der Waals surface area contributed by atoms with Crippen LogP contribution in [0.2, 0.25) is 0 Å². The number of benzene rings is 3. The predicted octanol–water partition coefficient (Wildman–Crippen LogP) is 5.56. The summed E-state index contributed by atoms with van der Waals surface area (Å²) in [5.74, 6) is 1.08. The average molecular weight is 572 g/mol. The summed E-state index contributed by atoms with van der Waals surface area (Å²) in [5.41, 5.74) is 5.28. The first-order valence-electron chi connectivity index (χ1n) is 14.7. The Kier molecular flexibility index (Phi) is 8.39. The van der Waals surface area contributed by atoms with Crippen LogP contribution >= 0.6 is 0 Å². The number of nitrogens with zero attached hydrogens (tertiary/aromatic N) is 3. The molecule has 220 valence electrons. The number of halogens is 1. The van der Waals surface area contributed by atoms with Crippen LogP contribution in [-0.2, 0) is 17.8 Å². The van der Waals surface area contributed by atoms with Gasteiger partial charge in [0.2, 0.25) is 0 Å². The number of hydrogen-bond acceptors (Lipinski definition) is 6. The predicted molar refractivity (Wildman–Crippen MR) is 163 cm³/mol. The number of rotatable bonds is 8. The maximum Gasteiger partial charge on any atom is 0.257 e. The zero-order chi connectivity index (χ0) is 29.1. The van der Waals surface area contributed by atoms with Crippen LogP contribution in [0.15, 0.2) is 54.6 Å². The van der Waals surface area contributed by atoms with Gasteiger partial charge in [0, 0.05) is 56.0 Å². The van der Waals surface area contributed by atoms with E-state index in [4.69, 9.17) is 9.47 Å². The van der Waals surface area contributed by atoms with Crippen molar-refractivity contribution in [1.82, 2.24) is 15.1 Å². The minimum Gasteiger partial charge on any atom is -0.489 e. The molecule has 1 amide bonds. The zero-order valence-electron chi connectivity index (χ0n) is 24.3. The molecule has 3 aromatic carbocycles. The van der Waals surface area contributed by atoms with Crippen LogP contribution in [0.1, 0.15) is 39.9 Å². The smallest absolute Gasteiger partial charge is 0.257 e. The second-order valence-electron chi connectivity index (χ2n) is 11.6. The van der Waals surface area contributed by atoms with E-state index in [1.807, 2.05) is 37.3 Å². The van der Waals surface area contributed by atoms with E-state index in [0.29, 0.717) is 23.0 Å². The number of likely N-dealkylation sites (N-methyl/N-ethyl adjacent to an activating group) is 1. The molecule has 2 aliphatic rings. The van der Waals surface area contributed by atoms with Gasteiger partial charge in [0.1, 0.15) is 18.2 Å². The number of aromatic nitrogens is 2. The molecular weight excluding hydrogens is 533 g/mol. The molecule has 0 radical (unpaired) electrons. The fourth-order valence-electron chi connectivity index (χ4n) is 5.91. The van der Waals surface area contributed by atoms with Crippen molar-refractivity contribution in [2.45, 2.75) is 32.8 Å². The van der Waals surface area contributed by atoms with Crippen LogP contribution in [0.25, 0.3) is 10.9 Å². The second-order valence-corrected chi connectivity index (χ2v) is 11.6. The summed E-state index contributed by atoms with van der Waals surface area (Å²) in [5, 5.41) is 11.2. The van der Waals surface area contributed by atoms with Gasteiger partial charge in [0.15, 0.2) is 5.82 Å². The number of hydrogen-bond donors (Lipinski definition) is 2. The van der Waals surface area contributed by atoms with Gasteiger partial charge in [-0.1, -0.05) is 6.07 Å². The number of aryl methyl sites for hydroxylation is 1. The van der Waals surface area contributed by atoms with E-state index in [-0.39, 0.29) is 18.3 Å². The molecule has 4 aromatic rings. The van der Waals surface area contributed by atoms with Crippen LogP contribution in [-0.4, -0.2) is 67.4 Å². The quantitative estimate of drug-likeness (QED) is 0.288. The largest absolute Gasteiger partial charge is 0.489 e. The van der Waals surface area contributed by atoms with E-state index < -0.39 is 0 Å². The van der Waals surface area contributed by atoms with Crippen molar-refractivity contribution < 1.29 is 18.7 Å².